The summed E-state index contributed by atoms with van der Waals surface area (Å²) >= 11 is 15.8. The fourth-order valence-electron chi connectivity index (χ4n) is 3.96. The molecule has 0 radical (unpaired) electrons. The van der Waals surface area contributed by atoms with Crippen LogP contribution in [0.3, 0.4) is 0 Å². The molecule has 1 heterocycles. The Morgan fingerprint density at radius 2 is 1.79 bits per heavy atom. The maximum atomic E-state index is 13.5. The number of aliphatic carboxylic acids is 1. The number of hydrogen-bond donors (Lipinski definition) is 3. The van der Waals surface area contributed by atoms with Gasteiger partial charge in [-0.25, -0.2) is 0 Å². The summed E-state index contributed by atoms with van der Waals surface area (Å²) in [6.45, 7) is 3.82. The van der Waals surface area contributed by atoms with Gasteiger partial charge in [-0.15, -0.1) is 0 Å². The molecule has 0 bridgehead atoms. The number of amides is 2. The molecule has 2 aromatic carbocycles. The predicted molar refractivity (Wildman–Crippen MR) is 146 cm³/mol. The van der Waals surface area contributed by atoms with Gasteiger partial charge in [0.25, 0.3) is 5.91 Å². The zero-order chi connectivity index (χ0) is 28.0. The van der Waals surface area contributed by atoms with Crippen LogP contribution in [0.1, 0.15) is 42.6 Å². The molecule has 0 spiro atoms. The Balaban J connectivity index is 1.84. The minimum atomic E-state index is -1.27. The number of carboxylic acid groups (broad SMARTS) is 1. The van der Waals surface area contributed by atoms with Crippen LogP contribution < -0.4 is 10.6 Å². The van der Waals surface area contributed by atoms with Gasteiger partial charge in [-0.1, -0.05) is 67.4 Å². The third-order valence-electron chi connectivity index (χ3n) is 5.71. The minimum absolute atomic E-state index is 0.0110. The normalized spacial score (nSPS) is 16.6. The first-order valence-electron chi connectivity index (χ1n) is 11.8. The molecule has 1 unspecified atom stereocenters. The van der Waals surface area contributed by atoms with Crippen LogP contribution in [-0.4, -0.2) is 54.1 Å². The van der Waals surface area contributed by atoms with Gasteiger partial charge in [0.15, 0.2) is 6.10 Å². The van der Waals surface area contributed by atoms with E-state index in [1.165, 1.54) is 6.07 Å². The fraction of sp³-hybridized carbons (Fsp3) is 0.360. The van der Waals surface area contributed by atoms with Crippen molar-refractivity contribution in [3.05, 3.63) is 68.1 Å². The number of carbonyl (C=O) groups excluding carboxylic acids is 3. The molecule has 38 heavy (non-hydrogen) atoms. The third-order valence-corrected chi connectivity index (χ3v) is 7.31. The third kappa shape index (κ3) is 7.95. The lowest BCUT2D eigenvalue weighted by Crippen LogP contribution is -2.55. The lowest BCUT2D eigenvalue weighted by Gasteiger charge is -2.25. The Morgan fingerprint density at radius 1 is 1.11 bits per heavy atom. The highest BCUT2D eigenvalue weighted by Gasteiger charge is 2.47. The number of hydrogen-bond acceptors (Lipinski definition) is 6. The number of nitrogens with one attached hydrogen (secondary N) is 2. The van der Waals surface area contributed by atoms with Gasteiger partial charge in [0, 0.05) is 10.9 Å². The summed E-state index contributed by atoms with van der Waals surface area (Å²) in [6, 6.07) is 11.1. The van der Waals surface area contributed by atoms with E-state index in [1.807, 2.05) is 44.2 Å². The molecule has 2 amide bonds. The highest BCUT2D eigenvalue weighted by molar-refractivity contribution is 9.10. The number of halogens is 3. The Bertz CT molecular complexity index is 1200. The zero-order valence-electron chi connectivity index (χ0n) is 20.6. The van der Waals surface area contributed by atoms with E-state index in [4.69, 9.17) is 37.6 Å². The highest BCUT2D eigenvalue weighted by Crippen LogP contribution is 2.31. The van der Waals surface area contributed by atoms with Gasteiger partial charge >= 0.3 is 19.1 Å². The summed E-state index contributed by atoms with van der Waals surface area (Å²) in [5.41, 5.74) is 0.793. The SMILES string of the molecule is CC(C)C[C@H](NC(=O)[C@H](Cc1ccccc1)NC(=O)c1c(Cl)ccc(Br)c1Cl)B1OC(=O)C(CC(=O)O)O1. The smallest absolute Gasteiger partial charge is 0.506 e. The molecule has 9 nitrogen and oxygen atoms in total. The van der Waals surface area contributed by atoms with Crippen LogP contribution in [0.2, 0.25) is 10.0 Å². The summed E-state index contributed by atoms with van der Waals surface area (Å²) in [4.78, 5) is 50.0. The van der Waals surface area contributed by atoms with Crippen LogP contribution in [0.5, 0.6) is 0 Å². The Hall–Kier alpha value is -2.60. The van der Waals surface area contributed by atoms with E-state index in [2.05, 4.69) is 26.6 Å². The molecule has 3 atom stereocenters. The van der Waals surface area contributed by atoms with Crippen molar-refractivity contribution >= 4 is 70.0 Å². The quantitative estimate of drug-likeness (QED) is 0.253. The number of rotatable bonds is 11. The lowest BCUT2D eigenvalue weighted by atomic mass is 9.74. The number of carbonyl (C=O) groups is 4. The molecule has 3 N–H and O–H groups in total. The molecule has 0 saturated carbocycles. The van der Waals surface area contributed by atoms with Crippen molar-refractivity contribution < 1.29 is 33.6 Å². The van der Waals surface area contributed by atoms with E-state index >= 15 is 0 Å². The summed E-state index contributed by atoms with van der Waals surface area (Å²) in [5.74, 6) is -3.97. The lowest BCUT2D eigenvalue weighted by molar-refractivity contribution is -0.145. The Labute approximate surface area is 238 Å². The van der Waals surface area contributed by atoms with Crippen LogP contribution in [0.15, 0.2) is 46.9 Å². The average Bonchev–Trinajstić information content (AvgIpc) is 3.20. The fourth-order valence-corrected chi connectivity index (χ4v) is 4.83. The van der Waals surface area contributed by atoms with Gasteiger partial charge in [0.2, 0.25) is 5.91 Å². The predicted octanol–water partition coefficient (Wildman–Crippen LogP) is 4.07. The molecule has 13 heteroatoms. The summed E-state index contributed by atoms with van der Waals surface area (Å²) in [6.07, 6.45) is -1.33. The van der Waals surface area contributed by atoms with Crippen molar-refractivity contribution in [2.75, 3.05) is 0 Å². The molecule has 202 valence electrons. The first kappa shape index (κ1) is 30.0. The van der Waals surface area contributed by atoms with Crippen LogP contribution in [0.25, 0.3) is 0 Å². The van der Waals surface area contributed by atoms with E-state index in [1.54, 1.807) is 6.07 Å². The Morgan fingerprint density at radius 3 is 2.42 bits per heavy atom. The largest absolute Gasteiger partial charge is 0.552 e. The molecule has 0 aliphatic carbocycles. The monoisotopic (exact) mass is 626 g/mol. The van der Waals surface area contributed by atoms with Crippen LogP contribution in [-0.2, 0) is 30.1 Å². The average molecular weight is 628 g/mol. The van der Waals surface area contributed by atoms with E-state index in [0.717, 1.165) is 5.56 Å². The number of carboxylic acids is 1. The van der Waals surface area contributed by atoms with Crippen molar-refractivity contribution in [1.29, 1.82) is 0 Å². The summed E-state index contributed by atoms with van der Waals surface area (Å²) in [7, 11) is -1.18. The second-order valence-electron chi connectivity index (χ2n) is 9.21. The van der Waals surface area contributed by atoms with Crippen molar-refractivity contribution in [1.82, 2.24) is 10.6 Å². The second-order valence-corrected chi connectivity index (χ2v) is 10.8. The summed E-state index contributed by atoms with van der Waals surface area (Å²) < 4.78 is 11.3. The van der Waals surface area contributed by atoms with E-state index in [-0.39, 0.29) is 27.9 Å². The van der Waals surface area contributed by atoms with Crippen molar-refractivity contribution in [3.8, 4) is 0 Å². The molecule has 1 fully saturated rings. The first-order valence-corrected chi connectivity index (χ1v) is 13.4. The minimum Gasteiger partial charge on any atom is -0.506 e. The topological polar surface area (TPSA) is 131 Å². The van der Waals surface area contributed by atoms with Crippen LogP contribution in [0.4, 0.5) is 0 Å². The molecule has 3 rings (SSSR count). The molecular weight excluding hydrogens is 602 g/mol. The zero-order valence-corrected chi connectivity index (χ0v) is 23.7. The number of benzene rings is 2. The van der Waals surface area contributed by atoms with Gasteiger partial charge in [0.05, 0.1) is 28.0 Å². The van der Waals surface area contributed by atoms with Gasteiger partial charge in [0.1, 0.15) is 6.04 Å². The molecule has 0 aromatic heterocycles. The van der Waals surface area contributed by atoms with Gasteiger partial charge < -0.3 is 25.0 Å². The molecular formula is C25H26BBrCl2N2O7. The van der Waals surface area contributed by atoms with Crippen LogP contribution in [0, 0.1) is 5.92 Å². The molecule has 2 aromatic rings. The van der Waals surface area contributed by atoms with Gasteiger partial charge in [-0.2, -0.15) is 0 Å². The molecule has 1 aliphatic rings. The highest BCUT2D eigenvalue weighted by atomic mass is 79.9. The maximum absolute atomic E-state index is 13.5. The van der Waals surface area contributed by atoms with Crippen molar-refractivity contribution in [2.45, 2.75) is 51.2 Å². The van der Waals surface area contributed by atoms with Crippen LogP contribution >= 0.6 is 39.1 Å². The van der Waals surface area contributed by atoms with E-state index in [0.29, 0.717) is 10.9 Å². The second kappa shape index (κ2) is 13.5. The van der Waals surface area contributed by atoms with Crippen molar-refractivity contribution in [3.63, 3.8) is 0 Å². The molecule has 1 saturated heterocycles. The summed E-state index contributed by atoms with van der Waals surface area (Å²) in [5, 5.41) is 14.8. The molecule has 1 aliphatic heterocycles. The first-order chi connectivity index (χ1) is 18.0. The van der Waals surface area contributed by atoms with E-state index in [9.17, 15) is 19.2 Å². The van der Waals surface area contributed by atoms with E-state index < -0.39 is 55.4 Å². The van der Waals surface area contributed by atoms with Gasteiger partial charge in [-0.05, 0) is 46.0 Å². The van der Waals surface area contributed by atoms with Gasteiger partial charge in [-0.3, -0.25) is 19.2 Å². The Kier molecular flexibility index (Phi) is 10.6. The standard InChI is InChI=1S/C25H26BBrCl2N2O7/c1-13(2)10-19(26-37-18(12-20(32)33)25(36)38-26)31-23(34)17(11-14-6-4-3-5-7-14)30-24(35)21-16(28)9-8-15(27)22(21)29/h3-9,13,17-19H,10-12H2,1-2H3,(H,30,35)(H,31,34)(H,32,33)/t17-,18?,19-/m0/s1. The van der Waals surface area contributed by atoms with Crippen molar-refractivity contribution in [2.24, 2.45) is 5.92 Å². The maximum Gasteiger partial charge on any atom is 0.552 e.